The maximum Gasteiger partial charge on any atom is 0.251 e. The number of halogens is 1. The number of carbonyl (C=O) groups is 1. The molecule has 1 heterocycles. The van der Waals surface area contributed by atoms with Gasteiger partial charge in [-0.2, -0.15) is 0 Å². The summed E-state index contributed by atoms with van der Waals surface area (Å²) in [5.41, 5.74) is 2.69. The van der Waals surface area contributed by atoms with Gasteiger partial charge in [0.15, 0.2) is 0 Å². The lowest BCUT2D eigenvalue weighted by Gasteiger charge is -2.22. The predicted molar refractivity (Wildman–Crippen MR) is 114 cm³/mol. The van der Waals surface area contributed by atoms with Crippen LogP contribution in [0.1, 0.15) is 21.5 Å². The van der Waals surface area contributed by atoms with E-state index in [-0.39, 0.29) is 12.5 Å². The molecular formula is C21H20ClN3O3S. The highest BCUT2D eigenvalue weighted by Crippen LogP contribution is 2.24. The van der Waals surface area contributed by atoms with Crippen LogP contribution < -0.4 is 9.62 Å². The Morgan fingerprint density at radius 2 is 1.72 bits per heavy atom. The van der Waals surface area contributed by atoms with Crippen molar-refractivity contribution in [3.8, 4) is 0 Å². The van der Waals surface area contributed by atoms with Crippen LogP contribution in [0.4, 0.5) is 5.69 Å². The van der Waals surface area contributed by atoms with Crippen LogP contribution in [0.5, 0.6) is 0 Å². The Hall–Kier alpha value is -2.90. The van der Waals surface area contributed by atoms with Gasteiger partial charge in [-0.3, -0.25) is 14.1 Å². The molecule has 0 spiro atoms. The van der Waals surface area contributed by atoms with Gasteiger partial charge in [-0.1, -0.05) is 29.8 Å². The van der Waals surface area contributed by atoms with Crippen molar-refractivity contribution < 1.29 is 13.2 Å². The van der Waals surface area contributed by atoms with Crippen LogP contribution in [0.25, 0.3) is 0 Å². The predicted octanol–water partition coefficient (Wildman–Crippen LogP) is 3.63. The zero-order valence-electron chi connectivity index (χ0n) is 15.7. The molecule has 1 N–H and O–H groups in total. The van der Waals surface area contributed by atoms with Crippen LogP contribution >= 0.6 is 11.6 Å². The Labute approximate surface area is 175 Å². The highest BCUT2D eigenvalue weighted by Gasteiger charge is 2.18. The van der Waals surface area contributed by atoms with Crippen LogP contribution in [-0.4, -0.2) is 25.6 Å². The third kappa shape index (κ3) is 5.79. The molecule has 6 nitrogen and oxygen atoms in total. The van der Waals surface area contributed by atoms with Crippen molar-refractivity contribution in [2.45, 2.75) is 13.1 Å². The number of nitrogens with zero attached hydrogens (tertiary/aromatic N) is 2. The molecule has 0 saturated carbocycles. The molecule has 0 aliphatic carbocycles. The van der Waals surface area contributed by atoms with Crippen LogP contribution in [0.2, 0.25) is 5.02 Å². The molecule has 2 aromatic carbocycles. The smallest absolute Gasteiger partial charge is 0.251 e. The Morgan fingerprint density at radius 1 is 1.03 bits per heavy atom. The van der Waals surface area contributed by atoms with E-state index in [0.29, 0.717) is 22.8 Å². The number of amides is 1. The minimum atomic E-state index is -3.51. The number of nitrogens with one attached hydrogen (secondary N) is 1. The third-order valence-corrected chi connectivity index (χ3v) is 5.62. The average Bonchev–Trinajstić information content (AvgIpc) is 2.70. The first kappa shape index (κ1) is 20.8. The maximum atomic E-state index is 12.3. The van der Waals surface area contributed by atoms with Crippen molar-refractivity contribution in [1.82, 2.24) is 10.3 Å². The number of anilines is 1. The van der Waals surface area contributed by atoms with E-state index in [1.54, 1.807) is 60.9 Å². The van der Waals surface area contributed by atoms with E-state index < -0.39 is 10.0 Å². The minimum Gasteiger partial charge on any atom is -0.348 e. The summed E-state index contributed by atoms with van der Waals surface area (Å²) in [6.07, 6.45) is 4.49. The Morgan fingerprint density at radius 3 is 2.34 bits per heavy atom. The van der Waals surface area contributed by atoms with Gasteiger partial charge in [-0.15, -0.1) is 0 Å². The third-order valence-electron chi connectivity index (χ3n) is 4.24. The molecule has 0 saturated heterocycles. The first-order chi connectivity index (χ1) is 13.8. The van der Waals surface area contributed by atoms with Gasteiger partial charge < -0.3 is 5.32 Å². The van der Waals surface area contributed by atoms with Crippen molar-refractivity contribution in [1.29, 1.82) is 0 Å². The van der Waals surface area contributed by atoms with E-state index >= 15 is 0 Å². The van der Waals surface area contributed by atoms with E-state index in [1.807, 2.05) is 12.1 Å². The molecule has 0 unspecified atom stereocenters. The monoisotopic (exact) mass is 429 g/mol. The number of hydrogen-bond acceptors (Lipinski definition) is 4. The summed E-state index contributed by atoms with van der Waals surface area (Å²) in [6.45, 7) is 0.540. The van der Waals surface area contributed by atoms with Gasteiger partial charge in [0.05, 0.1) is 18.5 Å². The number of hydrogen-bond donors (Lipinski definition) is 1. The molecule has 3 rings (SSSR count). The Bertz CT molecular complexity index is 1090. The molecule has 29 heavy (non-hydrogen) atoms. The molecule has 150 valence electrons. The second kappa shape index (κ2) is 9.07. The van der Waals surface area contributed by atoms with Crippen molar-refractivity contribution in [2.24, 2.45) is 0 Å². The molecule has 0 fully saturated rings. The lowest BCUT2D eigenvalue weighted by Crippen LogP contribution is -2.29. The van der Waals surface area contributed by atoms with Crippen molar-refractivity contribution in [3.05, 3.63) is 94.8 Å². The van der Waals surface area contributed by atoms with Crippen molar-refractivity contribution >= 4 is 33.2 Å². The van der Waals surface area contributed by atoms with Gasteiger partial charge in [0.2, 0.25) is 10.0 Å². The van der Waals surface area contributed by atoms with E-state index in [0.717, 1.165) is 17.4 Å². The summed E-state index contributed by atoms with van der Waals surface area (Å²) >= 11 is 6.00. The molecular weight excluding hydrogens is 410 g/mol. The second-order valence-electron chi connectivity index (χ2n) is 6.48. The van der Waals surface area contributed by atoms with E-state index in [9.17, 15) is 13.2 Å². The summed E-state index contributed by atoms with van der Waals surface area (Å²) < 4.78 is 25.8. The molecule has 0 aliphatic rings. The topological polar surface area (TPSA) is 79.4 Å². The first-order valence-corrected chi connectivity index (χ1v) is 11.0. The SMILES string of the molecule is CS(=O)(=O)N(Cc1ccc(C(=O)NCc2ccncc2)cc1)c1cccc(Cl)c1. The van der Waals surface area contributed by atoms with E-state index in [4.69, 9.17) is 11.6 Å². The summed E-state index contributed by atoms with van der Waals surface area (Å²) in [5, 5.41) is 3.30. The van der Waals surface area contributed by atoms with Crippen molar-refractivity contribution in [3.63, 3.8) is 0 Å². The van der Waals surface area contributed by atoms with E-state index in [1.165, 1.54) is 4.31 Å². The fourth-order valence-electron chi connectivity index (χ4n) is 2.74. The molecule has 0 aliphatic heterocycles. The Kier molecular flexibility index (Phi) is 6.51. The highest BCUT2D eigenvalue weighted by molar-refractivity contribution is 7.92. The molecule has 8 heteroatoms. The number of pyridine rings is 1. The van der Waals surface area contributed by atoms with Gasteiger partial charge >= 0.3 is 0 Å². The standard InChI is InChI=1S/C21H20ClN3O3S/c1-29(27,28)25(20-4-2-3-19(22)13-20)15-17-5-7-18(8-6-17)21(26)24-14-16-9-11-23-12-10-16/h2-13H,14-15H2,1H3,(H,24,26). The number of benzene rings is 2. The van der Waals surface area contributed by atoms with Crippen LogP contribution in [0.15, 0.2) is 73.1 Å². The average molecular weight is 430 g/mol. The maximum absolute atomic E-state index is 12.3. The number of rotatable bonds is 7. The number of sulfonamides is 1. The number of aromatic nitrogens is 1. The minimum absolute atomic E-state index is 0.137. The van der Waals surface area contributed by atoms with Crippen LogP contribution in [0.3, 0.4) is 0 Å². The lowest BCUT2D eigenvalue weighted by molar-refractivity contribution is 0.0951. The van der Waals surface area contributed by atoms with Crippen LogP contribution in [0, 0.1) is 0 Å². The zero-order valence-corrected chi connectivity index (χ0v) is 17.3. The quantitative estimate of drug-likeness (QED) is 0.622. The molecule has 1 amide bonds. The normalized spacial score (nSPS) is 11.1. The molecule has 3 aromatic rings. The number of carbonyl (C=O) groups excluding carboxylic acids is 1. The molecule has 0 atom stereocenters. The first-order valence-electron chi connectivity index (χ1n) is 8.82. The summed E-state index contributed by atoms with van der Waals surface area (Å²) in [4.78, 5) is 16.3. The second-order valence-corrected chi connectivity index (χ2v) is 8.83. The van der Waals surface area contributed by atoms with Gasteiger partial charge in [0, 0.05) is 29.5 Å². The fourth-order valence-corrected chi connectivity index (χ4v) is 3.81. The van der Waals surface area contributed by atoms with Gasteiger partial charge in [-0.05, 0) is 53.6 Å². The van der Waals surface area contributed by atoms with Gasteiger partial charge in [0.1, 0.15) is 0 Å². The van der Waals surface area contributed by atoms with Crippen molar-refractivity contribution in [2.75, 3.05) is 10.6 Å². The Balaban J connectivity index is 1.70. The fraction of sp³-hybridized carbons (Fsp3) is 0.143. The van der Waals surface area contributed by atoms with E-state index in [2.05, 4.69) is 10.3 Å². The summed E-state index contributed by atoms with van der Waals surface area (Å²) in [7, 11) is -3.51. The van der Waals surface area contributed by atoms with Gasteiger partial charge in [0.25, 0.3) is 5.91 Å². The summed E-state index contributed by atoms with van der Waals surface area (Å²) in [6, 6.07) is 17.2. The largest absolute Gasteiger partial charge is 0.348 e. The molecule has 0 radical (unpaired) electrons. The molecule has 1 aromatic heterocycles. The zero-order chi connectivity index (χ0) is 20.9. The molecule has 0 bridgehead atoms. The van der Waals surface area contributed by atoms with Crippen LogP contribution in [-0.2, 0) is 23.1 Å². The lowest BCUT2D eigenvalue weighted by atomic mass is 10.1. The highest BCUT2D eigenvalue weighted by atomic mass is 35.5. The summed E-state index contributed by atoms with van der Waals surface area (Å²) in [5.74, 6) is -0.205. The van der Waals surface area contributed by atoms with Gasteiger partial charge in [-0.25, -0.2) is 8.42 Å².